The normalized spacial score (nSPS) is 21.3. The van der Waals surface area contributed by atoms with Crippen molar-refractivity contribution in [3.8, 4) is 0 Å². The molecule has 2 rings (SSSR count). The zero-order valence-corrected chi connectivity index (χ0v) is 9.01. The average Bonchev–Trinajstić information content (AvgIpc) is 2.66. The van der Waals surface area contributed by atoms with Crippen LogP contribution in [0.25, 0.3) is 0 Å². The molecule has 2 N–H and O–H groups in total. The largest absolute Gasteiger partial charge is 0.452 e. The predicted octanol–water partition coefficient (Wildman–Crippen LogP) is 1.41. The highest BCUT2D eigenvalue weighted by Gasteiger charge is 2.18. The molecule has 0 bridgehead atoms. The molecule has 2 heterocycles. The molecular weight excluding hydrogens is 216 g/mol. The first kappa shape index (κ1) is 10.5. The van der Waals surface area contributed by atoms with Crippen molar-refractivity contribution in [1.29, 1.82) is 0 Å². The van der Waals surface area contributed by atoms with Gasteiger partial charge in [-0.1, -0.05) is 0 Å². The first-order valence-electron chi connectivity index (χ1n) is 5.02. The summed E-state index contributed by atoms with van der Waals surface area (Å²) in [5, 5.41) is 6.29. The van der Waals surface area contributed by atoms with Gasteiger partial charge in [-0.15, -0.1) is 0 Å². The van der Waals surface area contributed by atoms with E-state index in [-0.39, 0.29) is 17.2 Å². The SMILES string of the molecule is O=C(N[C@@H]1CCCNC1)c1ccoc1Cl. The van der Waals surface area contributed by atoms with Crippen LogP contribution in [0.5, 0.6) is 0 Å². The van der Waals surface area contributed by atoms with Gasteiger partial charge in [-0.05, 0) is 37.1 Å². The lowest BCUT2D eigenvalue weighted by Gasteiger charge is -2.23. The van der Waals surface area contributed by atoms with Crippen LogP contribution in [0.3, 0.4) is 0 Å². The monoisotopic (exact) mass is 228 g/mol. The molecule has 82 valence electrons. The van der Waals surface area contributed by atoms with Crippen LogP contribution in [-0.2, 0) is 0 Å². The van der Waals surface area contributed by atoms with Crippen molar-refractivity contribution >= 4 is 17.5 Å². The number of carbonyl (C=O) groups excluding carboxylic acids is 1. The molecule has 0 unspecified atom stereocenters. The minimum atomic E-state index is -0.164. The Hall–Kier alpha value is -1.00. The van der Waals surface area contributed by atoms with E-state index in [0.717, 1.165) is 25.9 Å². The molecule has 0 aromatic carbocycles. The number of rotatable bonds is 2. The third-order valence-corrected chi connectivity index (χ3v) is 2.79. The summed E-state index contributed by atoms with van der Waals surface area (Å²) in [4.78, 5) is 11.7. The van der Waals surface area contributed by atoms with Crippen molar-refractivity contribution in [2.24, 2.45) is 0 Å². The molecule has 1 aliphatic heterocycles. The van der Waals surface area contributed by atoms with E-state index in [0.29, 0.717) is 5.56 Å². The standard InChI is InChI=1S/C10H13ClN2O2/c11-9-8(3-5-15-9)10(14)13-7-2-1-4-12-6-7/h3,5,7,12H,1-2,4,6H2,(H,13,14)/t7-/m1/s1. The minimum Gasteiger partial charge on any atom is -0.452 e. The van der Waals surface area contributed by atoms with Crippen LogP contribution in [0, 0.1) is 0 Å². The fourth-order valence-electron chi connectivity index (χ4n) is 1.69. The van der Waals surface area contributed by atoms with Crippen molar-refractivity contribution in [2.45, 2.75) is 18.9 Å². The van der Waals surface area contributed by atoms with E-state index >= 15 is 0 Å². The maximum atomic E-state index is 11.7. The molecule has 1 aromatic heterocycles. The van der Waals surface area contributed by atoms with Crippen LogP contribution in [0.4, 0.5) is 0 Å². The van der Waals surface area contributed by atoms with Crippen molar-refractivity contribution in [1.82, 2.24) is 10.6 Å². The van der Waals surface area contributed by atoms with E-state index in [1.807, 2.05) is 0 Å². The number of piperidine rings is 1. The molecule has 15 heavy (non-hydrogen) atoms. The van der Waals surface area contributed by atoms with Crippen molar-refractivity contribution < 1.29 is 9.21 Å². The Bertz CT molecular complexity index is 345. The van der Waals surface area contributed by atoms with Crippen LogP contribution in [0.1, 0.15) is 23.2 Å². The minimum absolute atomic E-state index is 0.149. The maximum absolute atomic E-state index is 11.7. The lowest BCUT2D eigenvalue weighted by Crippen LogP contribution is -2.45. The van der Waals surface area contributed by atoms with Gasteiger partial charge < -0.3 is 15.1 Å². The highest BCUT2D eigenvalue weighted by Crippen LogP contribution is 2.16. The molecule has 0 aliphatic carbocycles. The van der Waals surface area contributed by atoms with E-state index in [4.69, 9.17) is 16.0 Å². The molecule has 0 radical (unpaired) electrons. The number of nitrogens with one attached hydrogen (secondary N) is 2. The highest BCUT2D eigenvalue weighted by molar-refractivity contribution is 6.32. The summed E-state index contributed by atoms with van der Waals surface area (Å²) in [5.74, 6) is -0.164. The molecule has 5 heteroatoms. The van der Waals surface area contributed by atoms with Gasteiger partial charge in [0.15, 0.2) is 0 Å². The van der Waals surface area contributed by atoms with Crippen molar-refractivity contribution in [3.63, 3.8) is 0 Å². The maximum Gasteiger partial charge on any atom is 0.256 e. The Morgan fingerprint density at radius 2 is 2.53 bits per heavy atom. The summed E-state index contributed by atoms with van der Waals surface area (Å²) in [6.45, 7) is 1.85. The zero-order valence-electron chi connectivity index (χ0n) is 8.25. The van der Waals surface area contributed by atoms with E-state index in [2.05, 4.69) is 10.6 Å². The van der Waals surface area contributed by atoms with Gasteiger partial charge in [0.25, 0.3) is 5.91 Å². The Labute approximate surface area is 93.0 Å². The van der Waals surface area contributed by atoms with Crippen LogP contribution < -0.4 is 10.6 Å². The van der Waals surface area contributed by atoms with Gasteiger partial charge in [-0.3, -0.25) is 4.79 Å². The summed E-state index contributed by atoms with van der Waals surface area (Å²) >= 11 is 5.71. The second-order valence-electron chi connectivity index (χ2n) is 3.62. The predicted molar refractivity (Wildman–Crippen MR) is 57.1 cm³/mol. The summed E-state index contributed by atoms with van der Waals surface area (Å²) < 4.78 is 4.86. The summed E-state index contributed by atoms with van der Waals surface area (Å²) in [5.41, 5.74) is 0.405. The number of hydrogen-bond donors (Lipinski definition) is 2. The average molecular weight is 229 g/mol. The molecule has 4 nitrogen and oxygen atoms in total. The lowest BCUT2D eigenvalue weighted by molar-refractivity contribution is 0.0930. The van der Waals surface area contributed by atoms with E-state index in [1.165, 1.54) is 6.26 Å². The van der Waals surface area contributed by atoms with Crippen molar-refractivity contribution in [2.75, 3.05) is 13.1 Å². The van der Waals surface area contributed by atoms with Crippen LogP contribution in [0.15, 0.2) is 16.7 Å². The molecule has 1 aromatic rings. The Balaban J connectivity index is 1.94. The molecule has 1 atom stereocenters. The topological polar surface area (TPSA) is 54.3 Å². The number of hydrogen-bond acceptors (Lipinski definition) is 3. The van der Waals surface area contributed by atoms with Gasteiger partial charge in [0.05, 0.1) is 11.8 Å². The van der Waals surface area contributed by atoms with Crippen LogP contribution in [-0.4, -0.2) is 25.0 Å². The molecule has 0 saturated carbocycles. The van der Waals surface area contributed by atoms with Gasteiger partial charge in [0.2, 0.25) is 5.22 Å². The highest BCUT2D eigenvalue weighted by atomic mass is 35.5. The van der Waals surface area contributed by atoms with E-state index in [1.54, 1.807) is 6.07 Å². The van der Waals surface area contributed by atoms with Crippen LogP contribution >= 0.6 is 11.6 Å². The Morgan fingerprint density at radius 3 is 3.13 bits per heavy atom. The summed E-state index contributed by atoms with van der Waals surface area (Å²) in [6.07, 6.45) is 3.51. The van der Waals surface area contributed by atoms with E-state index in [9.17, 15) is 4.79 Å². The molecular formula is C10H13ClN2O2. The third-order valence-electron chi connectivity index (χ3n) is 2.49. The Morgan fingerprint density at radius 1 is 1.67 bits per heavy atom. The summed E-state index contributed by atoms with van der Waals surface area (Å²) in [6, 6.07) is 1.77. The number of halogens is 1. The van der Waals surface area contributed by atoms with Gasteiger partial charge in [0, 0.05) is 12.6 Å². The smallest absolute Gasteiger partial charge is 0.256 e. The van der Waals surface area contributed by atoms with Crippen molar-refractivity contribution in [3.05, 3.63) is 23.1 Å². The van der Waals surface area contributed by atoms with E-state index < -0.39 is 0 Å². The quantitative estimate of drug-likeness (QED) is 0.805. The molecule has 1 aliphatic rings. The fraction of sp³-hybridized carbons (Fsp3) is 0.500. The first-order valence-corrected chi connectivity index (χ1v) is 5.40. The molecule has 1 amide bonds. The van der Waals surface area contributed by atoms with Gasteiger partial charge >= 0.3 is 0 Å². The number of amides is 1. The second kappa shape index (κ2) is 4.68. The summed E-state index contributed by atoms with van der Waals surface area (Å²) in [7, 11) is 0. The first-order chi connectivity index (χ1) is 7.27. The van der Waals surface area contributed by atoms with Gasteiger partial charge in [0.1, 0.15) is 0 Å². The second-order valence-corrected chi connectivity index (χ2v) is 3.97. The van der Waals surface area contributed by atoms with Gasteiger partial charge in [-0.25, -0.2) is 0 Å². The van der Waals surface area contributed by atoms with Gasteiger partial charge in [-0.2, -0.15) is 0 Å². The third kappa shape index (κ3) is 2.52. The number of carbonyl (C=O) groups is 1. The fourth-order valence-corrected chi connectivity index (χ4v) is 1.89. The zero-order chi connectivity index (χ0) is 10.7. The molecule has 1 fully saturated rings. The number of furan rings is 1. The molecule has 1 saturated heterocycles. The lowest BCUT2D eigenvalue weighted by atomic mass is 10.1. The molecule has 0 spiro atoms. The Kier molecular flexibility index (Phi) is 3.28. The van der Waals surface area contributed by atoms with Crippen LogP contribution in [0.2, 0.25) is 5.22 Å².